The molecule has 138 valence electrons. The Balaban J connectivity index is 0.00000529. The highest BCUT2D eigenvalue weighted by molar-refractivity contribution is 14.0. The maximum absolute atomic E-state index is 5.57. The molecule has 0 aromatic heterocycles. The SMILES string of the molecule is CCNC(=NCc1cccc(OC)c1)NCC(OC)C(C)(C)C.I. The van der Waals surface area contributed by atoms with E-state index >= 15 is 0 Å². The number of nitrogens with zero attached hydrogens (tertiary/aromatic N) is 1. The fourth-order valence-electron chi connectivity index (χ4n) is 2.22. The van der Waals surface area contributed by atoms with E-state index in [1.807, 2.05) is 24.3 Å². The molecule has 0 fully saturated rings. The molecule has 1 unspecified atom stereocenters. The number of halogens is 1. The number of ether oxygens (including phenoxy) is 2. The molecule has 0 spiro atoms. The smallest absolute Gasteiger partial charge is 0.191 e. The van der Waals surface area contributed by atoms with E-state index in [9.17, 15) is 0 Å². The minimum atomic E-state index is 0. The van der Waals surface area contributed by atoms with E-state index in [2.05, 4.69) is 43.3 Å². The molecule has 2 N–H and O–H groups in total. The fraction of sp³-hybridized carbons (Fsp3) is 0.611. The minimum absolute atomic E-state index is 0. The Kier molecular flexibility index (Phi) is 11.0. The van der Waals surface area contributed by atoms with Crippen LogP contribution in [0.3, 0.4) is 0 Å². The van der Waals surface area contributed by atoms with Crippen LogP contribution in [0.5, 0.6) is 5.75 Å². The predicted molar refractivity (Wildman–Crippen MR) is 111 cm³/mol. The molecule has 0 aliphatic rings. The van der Waals surface area contributed by atoms with Crippen molar-refractivity contribution >= 4 is 29.9 Å². The molecular formula is C18H32IN3O2. The van der Waals surface area contributed by atoms with Crippen molar-refractivity contribution in [2.45, 2.75) is 40.3 Å². The number of benzene rings is 1. The van der Waals surface area contributed by atoms with Crippen LogP contribution >= 0.6 is 24.0 Å². The van der Waals surface area contributed by atoms with Crippen molar-refractivity contribution in [2.75, 3.05) is 27.3 Å². The fourth-order valence-corrected chi connectivity index (χ4v) is 2.22. The molecule has 1 atom stereocenters. The van der Waals surface area contributed by atoms with Gasteiger partial charge in [-0.2, -0.15) is 0 Å². The van der Waals surface area contributed by atoms with Crippen LogP contribution in [-0.4, -0.2) is 39.4 Å². The number of guanidine groups is 1. The third-order valence-electron chi connectivity index (χ3n) is 3.60. The number of hydrogen-bond acceptors (Lipinski definition) is 3. The van der Waals surface area contributed by atoms with Gasteiger partial charge in [0.1, 0.15) is 5.75 Å². The summed E-state index contributed by atoms with van der Waals surface area (Å²) in [5.74, 6) is 1.64. The van der Waals surface area contributed by atoms with E-state index < -0.39 is 0 Å². The number of hydrogen-bond donors (Lipinski definition) is 2. The highest BCUT2D eigenvalue weighted by Crippen LogP contribution is 2.20. The first-order valence-electron chi connectivity index (χ1n) is 8.08. The van der Waals surface area contributed by atoms with E-state index in [0.29, 0.717) is 13.1 Å². The molecule has 0 saturated carbocycles. The van der Waals surface area contributed by atoms with Gasteiger partial charge in [-0.05, 0) is 30.0 Å². The van der Waals surface area contributed by atoms with E-state index in [1.165, 1.54) is 0 Å². The van der Waals surface area contributed by atoms with Gasteiger partial charge in [0.25, 0.3) is 0 Å². The van der Waals surface area contributed by atoms with Gasteiger partial charge in [-0.1, -0.05) is 32.9 Å². The summed E-state index contributed by atoms with van der Waals surface area (Å²) in [7, 11) is 3.42. The summed E-state index contributed by atoms with van der Waals surface area (Å²) in [5, 5.41) is 6.62. The van der Waals surface area contributed by atoms with Crippen molar-refractivity contribution in [2.24, 2.45) is 10.4 Å². The molecule has 6 heteroatoms. The largest absolute Gasteiger partial charge is 0.497 e. The maximum atomic E-state index is 5.57. The van der Waals surface area contributed by atoms with Gasteiger partial charge in [-0.3, -0.25) is 0 Å². The monoisotopic (exact) mass is 449 g/mol. The number of aliphatic imine (C=N–C) groups is 1. The van der Waals surface area contributed by atoms with Gasteiger partial charge in [-0.25, -0.2) is 4.99 Å². The van der Waals surface area contributed by atoms with Crippen LogP contribution in [-0.2, 0) is 11.3 Å². The zero-order valence-electron chi connectivity index (χ0n) is 15.7. The maximum Gasteiger partial charge on any atom is 0.191 e. The Morgan fingerprint density at radius 3 is 2.46 bits per heavy atom. The Bertz CT molecular complexity index is 501. The first kappa shape index (κ1) is 23.0. The summed E-state index contributed by atoms with van der Waals surface area (Å²) in [6, 6.07) is 7.96. The molecule has 1 aromatic carbocycles. The Hall–Kier alpha value is -1.02. The van der Waals surface area contributed by atoms with Crippen LogP contribution in [0.4, 0.5) is 0 Å². The van der Waals surface area contributed by atoms with Gasteiger partial charge in [0.05, 0.1) is 19.8 Å². The zero-order valence-corrected chi connectivity index (χ0v) is 18.0. The van der Waals surface area contributed by atoms with Gasteiger partial charge in [-0.15, -0.1) is 24.0 Å². The number of rotatable bonds is 7. The van der Waals surface area contributed by atoms with E-state index in [0.717, 1.165) is 23.8 Å². The molecule has 0 saturated heterocycles. The molecule has 24 heavy (non-hydrogen) atoms. The third kappa shape index (κ3) is 8.19. The summed E-state index contributed by atoms with van der Waals surface area (Å²) in [6.45, 7) is 10.7. The molecule has 0 bridgehead atoms. The van der Waals surface area contributed by atoms with Crippen LogP contribution in [0.2, 0.25) is 0 Å². The van der Waals surface area contributed by atoms with Crippen molar-refractivity contribution < 1.29 is 9.47 Å². The number of nitrogens with one attached hydrogen (secondary N) is 2. The van der Waals surface area contributed by atoms with Crippen molar-refractivity contribution in [1.82, 2.24) is 10.6 Å². The standard InChI is InChI=1S/C18H31N3O2.HI/c1-7-19-17(21-13-16(23-6)18(2,3)4)20-12-14-9-8-10-15(11-14)22-5;/h8-11,16H,7,12-13H2,1-6H3,(H2,19,20,21);1H. The van der Waals surface area contributed by atoms with E-state index in [1.54, 1.807) is 14.2 Å². The van der Waals surface area contributed by atoms with Crippen molar-refractivity contribution in [1.29, 1.82) is 0 Å². The second-order valence-corrected chi connectivity index (χ2v) is 6.52. The zero-order chi connectivity index (χ0) is 17.3. The summed E-state index contributed by atoms with van der Waals surface area (Å²) < 4.78 is 10.8. The first-order valence-corrected chi connectivity index (χ1v) is 8.08. The highest BCUT2D eigenvalue weighted by Gasteiger charge is 2.24. The van der Waals surface area contributed by atoms with E-state index in [-0.39, 0.29) is 35.5 Å². The quantitative estimate of drug-likeness (QED) is 0.381. The summed E-state index contributed by atoms with van der Waals surface area (Å²) >= 11 is 0. The first-order chi connectivity index (χ1) is 10.9. The molecular weight excluding hydrogens is 417 g/mol. The van der Waals surface area contributed by atoms with Gasteiger partial charge in [0.15, 0.2) is 5.96 Å². The van der Waals surface area contributed by atoms with Crippen LogP contribution in [0.1, 0.15) is 33.3 Å². The minimum Gasteiger partial charge on any atom is -0.497 e. The molecule has 0 amide bonds. The van der Waals surface area contributed by atoms with Crippen LogP contribution in [0, 0.1) is 5.41 Å². The van der Waals surface area contributed by atoms with Gasteiger partial charge >= 0.3 is 0 Å². The van der Waals surface area contributed by atoms with Gasteiger partial charge in [0.2, 0.25) is 0 Å². The second-order valence-electron chi connectivity index (χ2n) is 6.52. The highest BCUT2D eigenvalue weighted by atomic mass is 127. The van der Waals surface area contributed by atoms with Crippen LogP contribution in [0.15, 0.2) is 29.3 Å². The van der Waals surface area contributed by atoms with E-state index in [4.69, 9.17) is 9.47 Å². The normalized spacial score (nSPS) is 13.0. The Labute approximate surface area is 163 Å². The average Bonchev–Trinajstić information content (AvgIpc) is 2.52. The molecule has 0 radical (unpaired) electrons. The van der Waals surface area contributed by atoms with Crippen LogP contribution in [0.25, 0.3) is 0 Å². The van der Waals surface area contributed by atoms with Crippen molar-refractivity contribution in [3.8, 4) is 5.75 Å². The summed E-state index contributed by atoms with van der Waals surface area (Å²) in [6.07, 6.45) is 0.114. The summed E-state index contributed by atoms with van der Waals surface area (Å²) in [4.78, 5) is 4.63. The molecule has 0 aliphatic carbocycles. The predicted octanol–water partition coefficient (Wildman–Crippen LogP) is 3.43. The van der Waals surface area contributed by atoms with Crippen LogP contribution < -0.4 is 15.4 Å². The average molecular weight is 449 g/mol. The Morgan fingerprint density at radius 1 is 1.21 bits per heavy atom. The summed E-state index contributed by atoms with van der Waals surface area (Å²) in [5.41, 5.74) is 1.19. The molecule has 5 nitrogen and oxygen atoms in total. The van der Waals surface area contributed by atoms with Crippen molar-refractivity contribution in [3.05, 3.63) is 29.8 Å². The Morgan fingerprint density at radius 2 is 1.92 bits per heavy atom. The lowest BCUT2D eigenvalue weighted by Crippen LogP contribution is -2.45. The lowest BCUT2D eigenvalue weighted by Gasteiger charge is -2.30. The second kappa shape index (κ2) is 11.5. The number of methoxy groups -OCH3 is 2. The molecule has 1 aromatic rings. The van der Waals surface area contributed by atoms with Gasteiger partial charge in [0, 0.05) is 20.2 Å². The van der Waals surface area contributed by atoms with Gasteiger partial charge < -0.3 is 20.1 Å². The third-order valence-corrected chi connectivity index (χ3v) is 3.60. The molecule has 0 aliphatic heterocycles. The lowest BCUT2D eigenvalue weighted by molar-refractivity contribution is 0.0205. The lowest BCUT2D eigenvalue weighted by atomic mass is 9.89. The topological polar surface area (TPSA) is 54.9 Å². The van der Waals surface area contributed by atoms with Crippen molar-refractivity contribution in [3.63, 3.8) is 0 Å². The molecule has 1 rings (SSSR count). The molecule has 0 heterocycles.